The van der Waals surface area contributed by atoms with Gasteiger partial charge in [-0.15, -0.1) is 0 Å². The van der Waals surface area contributed by atoms with Gasteiger partial charge in [-0.25, -0.2) is 4.79 Å². The Hall–Kier alpha value is -2.97. The highest BCUT2D eigenvalue weighted by Gasteiger charge is 2.20. The standard InChI is InChI=1S/C11H9N3O6/c1-2-13-4-6(11(17)18)8(15)5-3-7(14(19)20)10(16)12-9(5)13/h3-4H,2H2,1H3,(H,12,16)(H,17,18). The van der Waals surface area contributed by atoms with E-state index >= 15 is 0 Å². The van der Waals surface area contributed by atoms with Crippen molar-refractivity contribution in [2.45, 2.75) is 13.5 Å². The summed E-state index contributed by atoms with van der Waals surface area (Å²) in [5.41, 5.74) is -3.10. The molecule has 0 fully saturated rings. The lowest BCUT2D eigenvalue weighted by molar-refractivity contribution is -0.386. The average molecular weight is 279 g/mol. The molecule has 0 spiro atoms. The number of carboxylic acid groups (broad SMARTS) is 1. The molecule has 9 nitrogen and oxygen atoms in total. The fraction of sp³-hybridized carbons (Fsp3) is 0.182. The van der Waals surface area contributed by atoms with Gasteiger partial charge in [-0.3, -0.25) is 19.7 Å². The van der Waals surface area contributed by atoms with Crippen molar-refractivity contribution in [2.75, 3.05) is 0 Å². The molecular weight excluding hydrogens is 270 g/mol. The lowest BCUT2D eigenvalue weighted by Gasteiger charge is -2.09. The number of hydrogen-bond donors (Lipinski definition) is 2. The number of aryl methyl sites for hydroxylation is 1. The summed E-state index contributed by atoms with van der Waals surface area (Å²) in [4.78, 5) is 46.5. The molecular formula is C11H9N3O6. The fourth-order valence-electron chi connectivity index (χ4n) is 1.87. The van der Waals surface area contributed by atoms with E-state index in [0.717, 1.165) is 12.3 Å². The van der Waals surface area contributed by atoms with E-state index in [-0.39, 0.29) is 17.6 Å². The number of aromatic amines is 1. The topological polar surface area (TPSA) is 135 Å². The molecule has 0 saturated carbocycles. The molecule has 20 heavy (non-hydrogen) atoms. The second-order valence-electron chi connectivity index (χ2n) is 3.97. The minimum Gasteiger partial charge on any atom is -0.477 e. The van der Waals surface area contributed by atoms with Gasteiger partial charge in [0.15, 0.2) is 0 Å². The number of aromatic nitrogens is 2. The predicted molar refractivity (Wildman–Crippen MR) is 68.1 cm³/mol. The number of nitrogens with one attached hydrogen (secondary N) is 1. The number of aromatic carboxylic acids is 1. The summed E-state index contributed by atoms with van der Waals surface area (Å²) in [6.45, 7) is 1.96. The molecule has 104 valence electrons. The summed E-state index contributed by atoms with van der Waals surface area (Å²) < 4.78 is 1.34. The molecule has 0 aromatic carbocycles. The van der Waals surface area contributed by atoms with Crippen molar-refractivity contribution in [3.63, 3.8) is 0 Å². The predicted octanol–water partition coefficient (Wildman–Crippen LogP) is 0.316. The molecule has 0 aliphatic heterocycles. The van der Waals surface area contributed by atoms with Crippen molar-refractivity contribution in [1.29, 1.82) is 0 Å². The van der Waals surface area contributed by atoms with Crippen LogP contribution >= 0.6 is 0 Å². The first-order valence-electron chi connectivity index (χ1n) is 5.55. The van der Waals surface area contributed by atoms with E-state index in [9.17, 15) is 24.5 Å². The molecule has 2 rings (SSSR count). The van der Waals surface area contributed by atoms with Gasteiger partial charge in [0.05, 0.1) is 10.3 Å². The molecule has 0 bridgehead atoms. The van der Waals surface area contributed by atoms with Gasteiger partial charge in [-0.1, -0.05) is 0 Å². The Kier molecular flexibility index (Phi) is 3.10. The van der Waals surface area contributed by atoms with Crippen molar-refractivity contribution >= 4 is 22.7 Å². The Bertz CT molecular complexity index is 848. The number of rotatable bonds is 3. The highest BCUT2D eigenvalue weighted by atomic mass is 16.6. The zero-order valence-corrected chi connectivity index (χ0v) is 10.2. The van der Waals surface area contributed by atoms with E-state index in [1.807, 2.05) is 0 Å². The van der Waals surface area contributed by atoms with Crippen LogP contribution in [0.25, 0.3) is 11.0 Å². The molecule has 9 heteroatoms. The van der Waals surface area contributed by atoms with Gasteiger partial charge in [0.1, 0.15) is 11.2 Å². The van der Waals surface area contributed by atoms with E-state index in [1.54, 1.807) is 6.92 Å². The number of fused-ring (bicyclic) bond motifs is 1. The van der Waals surface area contributed by atoms with E-state index in [0.29, 0.717) is 0 Å². The van der Waals surface area contributed by atoms with E-state index in [4.69, 9.17) is 5.11 Å². The molecule has 2 heterocycles. The van der Waals surface area contributed by atoms with E-state index in [1.165, 1.54) is 4.57 Å². The first kappa shape index (κ1) is 13.5. The Morgan fingerprint density at radius 1 is 1.50 bits per heavy atom. The molecule has 2 aromatic rings. The van der Waals surface area contributed by atoms with Gasteiger partial charge in [0, 0.05) is 18.8 Å². The van der Waals surface area contributed by atoms with Crippen LogP contribution in [0.4, 0.5) is 5.69 Å². The zero-order chi connectivity index (χ0) is 15.0. The van der Waals surface area contributed by atoms with Crippen LogP contribution in [-0.4, -0.2) is 25.6 Å². The van der Waals surface area contributed by atoms with Crippen molar-refractivity contribution in [3.05, 3.63) is 48.5 Å². The number of carbonyl (C=O) groups is 1. The minimum absolute atomic E-state index is 0.0538. The summed E-state index contributed by atoms with van der Waals surface area (Å²) >= 11 is 0. The Morgan fingerprint density at radius 2 is 2.15 bits per heavy atom. The summed E-state index contributed by atoms with van der Waals surface area (Å²) in [6.07, 6.45) is 1.09. The van der Waals surface area contributed by atoms with Crippen LogP contribution in [0.15, 0.2) is 21.9 Å². The number of hydrogen-bond acceptors (Lipinski definition) is 5. The van der Waals surface area contributed by atoms with Crippen molar-refractivity contribution < 1.29 is 14.8 Å². The number of H-pyrrole nitrogens is 1. The highest BCUT2D eigenvalue weighted by molar-refractivity contribution is 5.92. The second kappa shape index (κ2) is 4.61. The van der Waals surface area contributed by atoms with Gasteiger partial charge in [0.2, 0.25) is 5.43 Å². The van der Waals surface area contributed by atoms with Crippen LogP contribution in [0, 0.1) is 10.1 Å². The van der Waals surface area contributed by atoms with Crippen LogP contribution in [0.1, 0.15) is 17.3 Å². The van der Waals surface area contributed by atoms with Gasteiger partial charge in [-0.2, -0.15) is 0 Å². The maximum Gasteiger partial charge on any atom is 0.341 e. The third-order valence-corrected chi connectivity index (χ3v) is 2.83. The van der Waals surface area contributed by atoms with Crippen LogP contribution < -0.4 is 11.0 Å². The largest absolute Gasteiger partial charge is 0.477 e. The summed E-state index contributed by atoms with van der Waals surface area (Å²) in [7, 11) is 0. The van der Waals surface area contributed by atoms with Crippen molar-refractivity contribution in [3.8, 4) is 0 Å². The summed E-state index contributed by atoms with van der Waals surface area (Å²) in [5.74, 6) is -1.44. The molecule has 0 amide bonds. The molecule has 2 aromatic heterocycles. The van der Waals surface area contributed by atoms with Crippen LogP contribution in [0.3, 0.4) is 0 Å². The number of carboxylic acids is 1. The Morgan fingerprint density at radius 3 is 2.65 bits per heavy atom. The maximum atomic E-state index is 12.0. The van der Waals surface area contributed by atoms with Crippen molar-refractivity contribution in [2.24, 2.45) is 0 Å². The highest BCUT2D eigenvalue weighted by Crippen LogP contribution is 2.13. The molecule has 0 saturated heterocycles. The molecule has 0 aliphatic carbocycles. The first-order valence-corrected chi connectivity index (χ1v) is 5.55. The maximum absolute atomic E-state index is 12.0. The molecule has 0 aliphatic rings. The smallest absolute Gasteiger partial charge is 0.341 e. The zero-order valence-electron chi connectivity index (χ0n) is 10.2. The van der Waals surface area contributed by atoms with Crippen LogP contribution in [0.2, 0.25) is 0 Å². The Labute approximate surface area is 110 Å². The van der Waals surface area contributed by atoms with Crippen LogP contribution in [0.5, 0.6) is 0 Å². The molecule has 0 radical (unpaired) electrons. The SMILES string of the molecule is CCn1cc(C(=O)O)c(=O)c2cc([N+](=O)[O-])c(=O)[nH]c21. The monoisotopic (exact) mass is 279 g/mol. The van der Waals surface area contributed by atoms with Crippen molar-refractivity contribution in [1.82, 2.24) is 9.55 Å². The lowest BCUT2D eigenvalue weighted by atomic mass is 10.2. The first-order chi connectivity index (χ1) is 9.36. The van der Waals surface area contributed by atoms with Gasteiger partial charge in [0.25, 0.3) is 0 Å². The van der Waals surface area contributed by atoms with Gasteiger partial charge in [-0.05, 0) is 6.92 Å². The minimum atomic E-state index is -1.44. The third-order valence-electron chi connectivity index (χ3n) is 2.83. The second-order valence-corrected chi connectivity index (χ2v) is 3.97. The number of nitro groups is 1. The molecule has 2 N–H and O–H groups in total. The molecule has 0 atom stereocenters. The van der Waals surface area contributed by atoms with Gasteiger partial charge >= 0.3 is 17.2 Å². The number of pyridine rings is 2. The lowest BCUT2D eigenvalue weighted by Crippen LogP contribution is -2.22. The van der Waals surface area contributed by atoms with E-state index in [2.05, 4.69) is 4.98 Å². The fourth-order valence-corrected chi connectivity index (χ4v) is 1.87. The van der Waals surface area contributed by atoms with E-state index < -0.39 is 33.1 Å². The Balaban J connectivity index is 3.03. The third kappa shape index (κ3) is 1.94. The summed E-state index contributed by atoms with van der Waals surface area (Å²) in [5, 5.41) is 19.5. The quantitative estimate of drug-likeness (QED) is 0.613. The molecule has 0 unspecified atom stereocenters. The number of nitrogens with zero attached hydrogens (tertiary/aromatic N) is 2. The van der Waals surface area contributed by atoms with Crippen LogP contribution in [-0.2, 0) is 6.54 Å². The summed E-state index contributed by atoms with van der Waals surface area (Å²) in [6, 6.07) is 0.801. The normalized spacial score (nSPS) is 10.7. The van der Waals surface area contributed by atoms with Gasteiger partial charge < -0.3 is 14.7 Å². The average Bonchev–Trinajstić information content (AvgIpc) is 2.37.